The molecule has 0 aliphatic rings. The highest BCUT2D eigenvalue weighted by Gasteiger charge is 2.04. The Bertz CT molecular complexity index is 522. The lowest BCUT2D eigenvalue weighted by Gasteiger charge is -2.18. The molecular weight excluding hydrogens is 260 g/mol. The first-order chi connectivity index (χ1) is 10.1. The average Bonchev–Trinajstić information content (AvgIpc) is 2.48. The van der Waals surface area contributed by atoms with Crippen molar-refractivity contribution in [2.24, 2.45) is 5.92 Å². The third-order valence-corrected chi connectivity index (χ3v) is 3.22. The summed E-state index contributed by atoms with van der Waals surface area (Å²) in [6, 6.07) is 8.24. The summed E-state index contributed by atoms with van der Waals surface area (Å²) < 4.78 is 0. The van der Waals surface area contributed by atoms with Gasteiger partial charge in [0.25, 0.3) is 0 Å². The second kappa shape index (κ2) is 7.74. The molecular formula is C17H24N4. The van der Waals surface area contributed by atoms with Crippen LogP contribution in [0, 0.1) is 5.92 Å². The fraction of sp³-hybridized carbons (Fsp3) is 0.412. The molecule has 0 atom stereocenters. The van der Waals surface area contributed by atoms with Gasteiger partial charge in [0.2, 0.25) is 0 Å². The van der Waals surface area contributed by atoms with E-state index in [4.69, 9.17) is 0 Å². The largest absolute Gasteiger partial charge is 0.355 e. The molecule has 2 aromatic rings. The number of nitrogens with zero attached hydrogens (tertiary/aromatic N) is 3. The standard InChI is InChI=1S/C17H24N4/c1-14(2)9-19-10-15-6-7-17(20-12-15)21(3)13-16-5-4-8-18-11-16/h4-8,11-12,14,19H,9-10,13H2,1-3H3. The summed E-state index contributed by atoms with van der Waals surface area (Å²) in [6.07, 6.45) is 5.63. The number of hydrogen-bond donors (Lipinski definition) is 1. The van der Waals surface area contributed by atoms with E-state index < -0.39 is 0 Å². The smallest absolute Gasteiger partial charge is 0.128 e. The van der Waals surface area contributed by atoms with Gasteiger partial charge >= 0.3 is 0 Å². The minimum absolute atomic E-state index is 0.669. The Balaban J connectivity index is 1.89. The Hall–Kier alpha value is -1.94. The Kier molecular flexibility index (Phi) is 5.69. The van der Waals surface area contributed by atoms with Crippen LogP contribution in [-0.4, -0.2) is 23.6 Å². The monoisotopic (exact) mass is 284 g/mol. The lowest BCUT2D eigenvalue weighted by atomic mass is 10.2. The molecule has 0 aliphatic carbocycles. The number of anilines is 1. The van der Waals surface area contributed by atoms with Crippen molar-refractivity contribution in [2.45, 2.75) is 26.9 Å². The van der Waals surface area contributed by atoms with Gasteiger partial charge in [0, 0.05) is 38.7 Å². The van der Waals surface area contributed by atoms with Crippen molar-refractivity contribution in [3.8, 4) is 0 Å². The van der Waals surface area contributed by atoms with Crippen molar-refractivity contribution in [3.05, 3.63) is 54.0 Å². The second-order valence-electron chi connectivity index (χ2n) is 5.77. The molecule has 0 fully saturated rings. The van der Waals surface area contributed by atoms with Crippen LogP contribution in [0.3, 0.4) is 0 Å². The SMILES string of the molecule is CC(C)CNCc1ccc(N(C)Cc2cccnc2)nc1. The topological polar surface area (TPSA) is 41.0 Å². The maximum atomic E-state index is 4.54. The highest BCUT2D eigenvalue weighted by molar-refractivity contribution is 5.39. The van der Waals surface area contributed by atoms with E-state index in [1.165, 1.54) is 11.1 Å². The summed E-state index contributed by atoms with van der Waals surface area (Å²) in [5.41, 5.74) is 2.40. The third-order valence-electron chi connectivity index (χ3n) is 3.22. The summed E-state index contributed by atoms with van der Waals surface area (Å²) in [4.78, 5) is 10.8. The minimum atomic E-state index is 0.669. The highest BCUT2D eigenvalue weighted by Crippen LogP contribution is 2.12. The summed E-state index contributed by atoms with van der Waals surface area (Å²) in [6.45, 7) is 7.13. The summed E-state index contributed by atoms with van der Waals surface area (Å²) in [7, 11) is 2.05. The third kappa shape index (κ3) is 5.16. The van der Waals surface area contributed by atoms with Crippen LogP contribution in [0.15, 0.2) is 42.9 Å². The van der Waals surface area contributed by atoms with Gasteiger partial charge in [-0.3, -0.25) is 4.98 Å². The molecule has 4 heteroatoms. The average molecular weight is 284 g/mol. The fourth-order valence-corrected chi connectivity index (χ4v) is 2.10. The number of aromatic nitrogens is 2. The maximum absolute atomic E-state index is 4.54. The zero-order valence-electron chi connectivity index (χ0n) is 13.1. The van der Waals surface area contributed by atoms with E-state index in [0.717, 1.165) is 25.5 Å². The summed E-state index contributed by atoms with van der Waals surface area (Å²) in [5, 5.41) is 3.43. The van der Waals surface area contributed by atoms with Crippen LogP contribution in [0.5, 0.6) is 0 Å². The number of nitrogens with one attached hydrogen (secondary N) is 1. The summed E-state index contributed by atoms with van der Waals surface area (Å²) in [5.74, 6) is 1.65. The molecule has 0 saturated heterocycles. The van der Waals surface area contributed by atoms with Gasteiger partial charge in [0.05, 0.1) is 0 Å². The Labute approximate surface area is 127 Å². The first-order valence-corrected chi connectivity index (χ1v) is 7.41. The Morgan fingerprint density at radius 3 is 2.62 bits per heavy atom. The van der Waals surface area contributed by atoms with Gasteiger partial charge in [0.1, 0.15) is 5.82 Å². The Morgan fingerprint density at radius 2 is 2.00 bits per heavy atom. The predicted octanol–water partition coefficient (Wildman–Crippen LogP) is 2.86. The van der Waals surface area contributed by atoms with Crippen LogP contribution >= 0.6 is 0 Å². The van der Waals surface area contributed by atoms with Crippen molar-refractivity contribution in [1.29, 1.82) is 0 Å². The second-order valence-corrected chi connectivity index (χ2v) is 5.77. The van der Waals surface area contributed by atoms with Gasteiger partial charge in [-0.25, -0.2) is 4.98 Å². The quantitative estimate of drug-likeness (QED) is 0.849. The van der Waals surface area contributed by atoms with E-state index in [9.17, 15) is 0 Å². The molecule has 0 aromatic carbocycles. The minimum Gasteiger partial charge on any atom is -0.355 e. The molecule has 21 heavy (non-hydrogen) atoms. The lowest BCUT2D eigenvalue weighted by Crippen LogP contribution is -2.20. The highest BCUT2D eigenvalue weighted by atomic mass is 15.2. The molecule has 2 heterocycles. The molecule has 112 valence electrons. The van der Waals surface area contributed by atoms with Gasteiger partial charge in [-0.05, 0) is 35.7 Å². The van der Waals surface area contributed by atoms with Crippen LogP contribution in [0.2, 0.25) is 0 Å². The van der Waals surface area contributed by atoms with Gasteiger partial charge in [-0.1, -0.05) is 26.0 Å². The van der Waals surface area contributed by atoms with Crippen LogP contribution in [0.25, 0.3) is 0 Å². The van der Waals surface area contributed by atoms with Crippen LogP contribution < -0.4 is 10.2 Å². The van der Waals surface area contributed by atoms with Crippen molar-refractivity contribution in [2.75, 3.05) is 18.5 Å². The molecule has 2 aromatic heterocycles. The van der Waals surface area contributed by atoms with E-state index in [1.807, 2.05) is 25.5 Å². The molecule has 0 unspecified atom stereocenters. The van der Waals surface area contributed by atoms with Crippen molar-refractivity contribution >= 4 is 5.82 Å². The fourth-order valence-electron chi connectivity index (χ4n) is 2.10. The lowest BCUT2D eigenvalue weighted by molar-refractivity contribution is 0.552. The van der Waals surface area contributed by atoms with Crippen molar-refractivity contribution < 1.29 is 0 Å². The Morgan fingerprint density at radius 1 is 1.14 bits per heavy atom. The molecule has 0 radical (unpaired) electrons. The first kappa shape index (κ1) is 15.4. The van der Waals surface area contributed by atoms with Crippen LogP contribution in [0.1, 0.15) is 25.0 Å². The molecule has 0 amide bonds. The first-order valence-electron chi connectivity index (χ1n) is 7.41. The van der Waals surface area contributed by atoms with E-state index in [2.05, 4.69) is 52.2 Å². The van der Waals surface area contributed by atoms with Crippen LogP contribution in [-0.2, 0) is 13.1 Å². The van der Waals surface area contributed by atoms with E-state index >= 15 is 0 Å². The predicted molar refractivity (Wildman–Crippen MR) is 87.1 cm³/mol. The zero-order chi connectivity index (χ0) is 15.1. The van der Waals surface area contributed by atoms with Gasteiger partial charge in [0.15, 0.2) is 0 Å². The molecule has 0 bridgehead atoms. The van der Waals surface area contributed by atoms with Gasteiger partial charge < -0.3 is 10.2 Å². The normalized spacial score (nSPS) is 10.9. The molecule has 4 nitrogen and oxygen atoms in total. The molecule has 1 N–H and O–H groups in total. The molecule has 0 spiro atoms. The number of rotatable bonds is 7. The molecule has 0 aliphatic heterocycles. The van der Waals surface area contributed by atoms with Crippen LogP contribution in [0.4, 0.5) is 5.82 Å². The van der Waals surface area contributed by atoms with E-state index in [-0.39, 0.29) is 0 Å². The maximum Gasteiger partial charge on any atom is 0.128 e. The van der Waals surface area contributed by atoms with E-state index in [0.29, 0.717) is 5.92 Å². The number of hydrogen-bond acceptors (Lipinski definition) is 4. The number of pyridine rings is 2. The van der Waals surface area contributed by atoms with Crippen molar-refractivity contribution in [3.63, 3.8) is 0 Å². The van der Waals surface area contributed by atoms with Gasteiger partial charge in [-0.2, -0.15) is 0 Å². The van der Waals surface area contributed by atoms with Crippen molar-refractivity contribution in [1.82, 2.24) is 15.3 Å². The van der Waals surface area contributed by atoms with Gasteiger partial charge in [-0.15, -0.1) is 0 Å². The molecule has 2 rings (SSSR count). The van der Waals surface area contributed by atoms with E-state index in [1.54, 1.807) is 6.20 Å². The molecule has 0 saturated carbocycles. The summed E-state index contributed by atoms with van der Waals surface area (Å²) >= 11 is 0. The zero-order valence-corrected chi connectivity index (χ0v) is 13.1.